The lowest BCUT2D eigenvalue weighted by atomic mass is 10.1. The van der Waals surface area contributed by atoms with Crippen LogP contribution in [0.15, 0.2) is 42.2 Å². The molecular formula is C17H23N3O2. The summed E-state index contributed by atoms with van der Waals surface area (Å²) >= 11 is 0. The number of nitrogens with zero attached hydrogens (tertiary/aromatic N) is 3. The summed E-state index contributed by atoms with van der Waals surface area (Å²) in [5.41, 5.74) is 2.05. The molecule has 0 aliphatic heterocycles. The number of hydrogen-bond acceptors (Lipinski definition) is 5. The highest BCUT2D eigenvalue weighted by Gasteiger charge is 2.12. The highest BCUT2D eigenvalue weighted by molar-refractivity contribution is 5.89. The third-order valence-corrected chi connectivity index (χ3v) is 3.53. The summed E-state index contributed by atoms with van der Waals surface area (Å²) in [6.45, 7) is 2.77. The second kappa shape index (κ2) is 7.87. The molecule has 2 rings (SSSR count). The van der Waals surface area contributed by atoms with Crippen LogP contribution in [0.4, 0.5) is 5.82 Å². The van der Waals surface area contributed by atoms with Gasteiger partial charge >= 0.3 is 0 Å². The van der Waals surface area contributed by atoms with Crippen LogP contribution in [0, 0.1) is 0 Å². The van der Waals surface area contributed by atoms with Gasteiger partial charge in [0.1, 0.15) is 12.1 Å². The van der Waals surface area contributed by atoms with Crippen molar-refractivity contribution in [2.24, 2.45) is 0 Å². The van der Waals surface area contributed by atoms with E-state index < -0.39 is 6.29 Å². The maximum Gasteiger partial charge on any atom is 0.157 e. The van der Waals surface area contributed by atoms with Crippen molar-refractivity contribution in [1.29, 1.82) is 0 Å². The number of fused-ring (bicyclic) bond motifs is 1. The average Bonchev–Trinajstić information content (AvgIpc) is 2.54. The molecule has 0 saturated carbocycles. The number of anilines is 1. The van der Waals surface area contributed by atoms with E-state index in [4.69, 9.17) is 4.74 Å². The number of aliphatic hydroxyl groups is 1. The van der Waals surface area contributed by atoms with Gasteiger partial charge in [-0.1, -0.05) is 25.1 Å². The van der Waals surface area contributed by atoms with Crippen molar-refractivity contribution in [3.05, 3.63) is 42.2 Å². The summed E-state index contributed by atoms with van der Waals surface area (Å²) in [5.74, 6) is 0.888. The van der Waals surface area contributed by atoms with E-state index >= 15 is 0 Å². The van der Waals surface area contributed by atoms with Crippen LogP contribution >= 0.6 is 0 Å². The van der Waals surface area contributed by atoms with E-state index in [2.05, 4.69) is 27.9 Å². The number of methoxy groups -OCH3 is 1. The Balaban J connectivity index is 2.22. The van der Waals surface area contributed by atoms with Gasteiger partial charge in [0.15, 0.2) is 6.29 Å². The van der Waals surface area contributed by atoms with Gasteiger partial charge in [-0.15, -0.1) is 0 Å². The Hall–Kier alpha value is -1.98. The highest BCUT2D eigenvalue weighted by atomic mass is 16.6. The van der Waals surface area contributed by atoms with Crippen molar-refractivity contribution >= 4 is 16.7 Å². The van der Waals surface area contributed by atoms with E-state index in [1.54, 1.807) is 6.33 Å². The molecule has 118 valence electrons. The zero-order valence-corrected chi connectivity index (χ0v) is 13.4. The second-order valence-electron chi connectivity index (χ2n) is 5.24. The molecule has 1 unspecified atom stereocenters. The lowest BCUT2D eigenvalue weighted by Crippen LogP contribution is -2.24. The predicted octanol–water partition coefficient (Wildman–Crippen LogP) is 2.76. The molecule has 0 aliphatic carbocycles. The van der Waals surface area contributed by atoms with Gasteiger partial charge in [0.05, 0.1) is 5.52 Å². The van der Waals surface area contributed by atoms with Gasteiger partial charge in [-0.2, -0.15) is 0 Å². The first kappa shape index (κ1) is 16.4. The molecule has 0 aliphatic rings. The van der Waals surface area contributed by atoms with Crippen LogP contribution in [0.5, 0.6) is 0 Å². The molecule has 2 aromatic rings. The van der Waals surface area contributed by atoms with Gasteiger partial charge in [0, 0.05) is 32.5 Å². The first-order valence-corrected chi connectivity index (χ1v) is 7.45. The first-order valence-electron chi connectivity index (χ1n) is 7.45. The fourth-order valence-corrected chi connectivity index (χ4v) is 2.48. The number of allylic oxidation sites excluding steroid dienone is 1. The molecule has 1 heterocycles. The number of para-hydroxylation sites is 1. The van der Waals surface area contributed by atoms with Crippen LogP contribution in [-0.4, -0.2) is 42.1 Å². The van der Waals surface area contributed by atoms with Gasteiger partial charge in [-0.05, 0) is 24.1 Å². The Morgan fingerprint density at radius 1 is 1.36 bits per heavy atom. The molecule has 5 heteroatoms. The van der Waals surface area contributed by atoms with Crippen LogP contribution < -0.4 is 4.90 Å². The minimum Gasteiger partial charge on any atom is -0.368 e. The molecule has 0 bridgehead atoms. The largest absolute Gasteiger partial charge is 0.368 e. The molecule has 0 fully saturated rings. The van der Waals surface area contributed by atoms with E-state index in [1.165, 1.54) is 7.11 Å². The Morgan fingerprint density at radius 3 is 2.86 bits per heavy atom. The van der Waals surface area contributed by atoms with E-state index in [0.717, 1.165) is 28.7 Å². The van der Waals surface area contributed by atoms with Crippen LogP contribution in [0.3, 0.4) is 0 Å². The molecule has 1 N–H and O–H groups in total. The fraction of sp³-hybridized carbons (Fsp3) is 0.412. The van der Waals surface area contributed by atoms with Gasteiger partial charge < -0.3 is 14.7 Å². The monoisotopic (exact) mass is 301 g/mol. The van der Waals surface area contributed by atoms with Crippen molar-refractivity contribution in [2.75, 3.05) is 25.6 Å². The normalized spacial score (nSPS) is 13.4. The highest BCUT2D eigenvalue weighted by Crippen LogP contribution is 2.23. The quantitative estimate of drug-likeness (QED) is 0.629. The predicted molar refractivity (Wildman–Crippen MR) is 88.8 cm³/mol. The minimum absolute atomic E-state index is 0.498. The van der Waals surface area contributed by atoms with Crippen molar-refractivity contribution < 1.29 is 9.84 Å². The van der Waals surface area contributed by atoms with E-state index in [1.807, 2.05) is 31.3 Å². The van der Waals surface area contributed by atoms with Gasteiger partial charge in [0.25, 0.3) is 0 Å². The summed E-state index contributed by atoms with van der Waals surface area (Å²) in [7, 11) is 3.51. The Bertz CT molecular complexity index is 637. The maximum atomic E-state index is 9.70. The van der Waals surface area contributed by atoms with Crippen LogP contribution in [0.2, 0.25) is 0 Å². The number of hydrogen-bond donors (Lipinski definition) is 1. The maximum absolute atomic E-state index is 9.70. The molecule has 0 radical (unpaired) electrons. The average molecular weight is 301 g/mol. The molecule has 1 atom stereocenters. The van der Waals surface area contributed by atoms with Gasteiger partial charge in [0.2, 0.25) is 0 Å². The topological polar surface area (TPSA) is 58.5 Å². The third-order valence-electron chi connectivity index (χ3n) is 3.53. The van der Waals surface area contributed by atoms with E-state index in [9.17, 15) is 5.11 Å². The van der Waals surface area contributed by atoms with Crippen molar-refractivity contribution in [1.82, 2.24) is 9.97 Å². The smallest absolute Gasteiger partial charge is 0.157 e. The lowest BCUT2D eigenvalue weighted by Gasteiger charge is -2.22. The van der Waals surface area contributed by atoms with E-state index in [0.29, 0.717) is 13.0 Å². The summed E-state index contributed by atoms with van der Waals surface area (Å²) in [5, 5.41) is 10.7. The number of aromatic nitrogens is 2. The second-order valence-corrected chi connectivity index (χ2v) is 5.24. The lowest BCUT2D eigenvalue weighted by molar-refractivity contribution is -0.0721. The molecule has 0 amide bonds. The molecular weight excluding hydrogens is 278 g/mol. The van der Waals surface area contributed by atoms with Crippen LogP contribution in [0.25, 0.3) is 10.9 Å². The van der Waals surface area contributed by atoms with Crippen molar-refractivity contribution in [3.8, 4) is 0 Å². The first-order chi connectivity index (χ1) is 10.7. The summed E-state index contributed by atoms with van der Waals surface area (Å²) in [4.78, 5) is 10.8. The van der Waals surface area contributed by atoms with E-state index in [-0.39, 0.29) is 0 Å². The molecule has 0 saturated heterocycles. The number of benzene rings is 1. The summed E-state index contributed by atoms with van der Waals surface area (Å²) in [6, 6.07) is 7.96. The molecule has 1 aromatic heterocycles. The third kappa shape index (κ3) is 4.02. The number of rotatable bonds is 7. The van der Waals surface area contributed by atoms with Crippen LogP contribution in [0.1, 0.15) is 19.8 Å². The number of ether oxygens (including phenoxy) is 1. The SMILES string of the molecule is CC/C=C(\CC(O)OC)CN(C)c1ncnc2ccccc12. The minimum atomic E-state index is -0.770. The standard InChI is InChI=1S/C17H23N3O2/c1-4-7-13(10-16(21)22-3)11-20(2)17-14-8-5-6-9-15(14)18-12-19-17/h5-9,12,16,21H,4,10-11H2,1-3H3/b13-7+. The molecule has 0 spiro atoms. The molecule has 22 heavy (non-hydrogen) atoms. The Labute approximate surface area is 131 Å². The fourth-order valence-electron chi connectivity index (χ4n) is 2.48. The number of aliphatic hydroxyl groups excluding tert-OH is 1. The zero-order chi connectivity index (χ0) is 15.9. The summed E-state index contributed by atoms with van der Waals surface area (Å²) < 4.78 is 4.96. The summed E-state index contributed by atoms with van der Waals surface area (Å²) in [6.07, 6.45) is 4.36. The van der Waals surface area contributed by atoms with Crippen LogP contribution in [-0.2, 0) is 4.74 Å². The van der Waals surface area contributed by atoms with Gasteiger partial charge in [-0.3, -0.25) is 0 Å². The Kier molecular flexibility index (Phi) is 5.86. The van der Waals surface area contributed by atoms with Crippen molar-refractivity contribution in [2.45, 2.75) is 26.1 Å². The van der Waals surface area contributed by atoms with Gasteiger partial charge in [-0.25, -0.2) is 9.97 Å². The van der Waals surface area contributed by atoms with Crippen molar-refractivity contribution in [3.63, 3.8) is 0 Å². The zero-order valence-electron chi connectivity index (χ0n) is 13.4. The number of likely N-dealkylation sites (N-methyl/N-ethyl adjacent to an activating group) is 1. The molecule has 1 aromatic carbocycles. The Morgan fingerprint density at radius 2 is 2.14 bits per heavy atom. The molecule has 5 nitrogen and oxygen atoms in total.